The van der Waals surface area contributed by atoms with Crippen molar-refractivity contribution in [1.82, 2.24) is 14.9 Å². The Kier molecular flexibility index (Phi) is 7.41. The van der Waals surface area contributed by atoms with Crippen LogP contribution in [-0.4, -0.2) is 34.8 Å². The molecule has 1 aliphatic rings. The Bertz CT molecular complexity index is 1250. The Morgan fingerprint density at radius 1 is 1.15 bits per heavy atom. The second-order valence-electron chi connectivity index (χ2n) is 7.98. The van der Waals surface area contributed by atoms with Crippen LogP contribution in [0.15, 0.2) is 47.3 Å². The number of fused-ring (bicyclic) bond motifs is 2. The maximum atomic E-state index is 12.9. The molecule has 2 aromatic carbocycles. The predicted octanol–water partition coefficient (Wildman–Crippen LogP) is 2.72. The van der Waals surface area contributed by atoms with Gasteiger partial charge in [0.2, 0.25) is 6.79 Å². The molecule has 34 heavy (non-hydrogen) atoms. The molecule has 2 heterocycles. The van der Waals surface area contributed by atoms with Gasteiger partial charge in [0.05, 0.1) is 17.5 Å². The van der Waals surface area contributed by atoms with Crippen molar-refractivity contribution >= 4 is 22.9 Å². The maximum absolute atomic E-state index is 12.9. The van der Waals surface area contributed by atoms with Gasteiger partial charge in [-0.2, -0.15) is 0 Å². The Balaban J connectivity index is 1.28. The van der Waals surface area contributed by atoms with Gasteiger partial charge in [-0.25, -0.2) is 4.98 Å². The van der Waals surface area contributed by atoms with Crippen LogP contribution in [-0.2, 0) is 33.8 Å². The van der Waals surface area contributed by atoms with Gasteiger partial charge in [-0.1, -0.05) is 31.5 Å². The number of carbonyl (C=O) groups excluding carboxylic acids is 2. The molecule has 9 heteroatoms. The third-order valence-electron chi connectivity index (χ3n) is 5.51. The molecule has 0 fully saturated rings. The number of ether oxygens (including phenoxy) is 3. The summed E-state index contributed by atoms with van der Waals surface area (Å²) in [5.74, 6) is 0.320. The summed E-state index contributed by atoms with van der Waals surface area (Å²) in [6.45, 7) is 2.72. The fourth-order valence-corrected chi connectivity index (χ4v) is 3.69. The number of carbonyl (C=O) groups is 2. The minimum atomic E-state index is -0.562. The number of nitrogens with one attached hydrogen (secondary N) is 1. The summed E-state index contributed by atoms with van der Waals surface area (Å²) in [7, 11) is 0. The highest BCUT2D eigenvalue weighted by molar-refractivity contribution is 5.80. The molecule has 0 saturated carbocycles. The third kappa shape index (κ3) is 5.54. The van der Waals surface area contributed by atoms with Gasteiger partial charge in [0.25, 0.3) is 11.5 Å². The smallest absolute Gasteiger partial charge is 0.306 e. The summed E-state index contributed by atoms with van der Waals surface area (Å²) in [6, 6.07) is 12.9. The first kappa shape index (κ1) is 23.3. The zero-order valence-electron chi connectivity index (χ0n) is 19.0. The number of amides is 1. The number of para-hydroxylation sites is 2. The van der Waals surface area contributed by atoms with E-state index in [1.807, 2.05) is 30.3 Å². The zero-order chi connectivity index (χ0) is 23.9. The van der Waals surface area contributed by atoms with Crippen LogP contribution in [0, 0.1) is 0 Å². The minimum Gasteiger partial charge on any atom is -0.456 e. The summed E-state index contributed by atoms with van der Waals surface area (Å²) in [5, 5.41) is 2.70. The number of unbranched alkanes of at least 4 members (excludes halogenated alkanes) is 1. The van der Waals surface area contributed by atoms with Crippen molar-refractivity contribution in [2.75, 3.05) is 13.4 Å². The van der Waals surface area contributed by atoms with Gasteiger partial charge in [-0.15, -0.1) is 0 Å². The molecule has 0 radical (unpaired) electrons. The van der Waals surface area contributed by atoms with Gasteiger partial charge in [-0.3, -0.25) is 14.4 Å². The lowest BCUT2D eigenvalue weighted by molar-refractivity contribution is -0.148. The molecular weight excluding hydrogens is 438 g/mol. The molecule has 0 unspecified atom stereocenters. The molecule has 4 rings (SSSR count). The van der Waals surface area contributed by atoms with Crippen molar-refractivity contribution in [1.29, 1.82) is 0 Å². The number of rotatable bonds is 10. The fraction of sp³-hybridized carbons (Fsp3) is 0.360. The van der Waals surface area contributed by atoms with Crippen molar-refractivity contribution in [3.63, 3.8) is 0 Å². The monoisotopic (exact) mass is 465 g/mol. The van der Waals surface area contributed by atoms with Gasteiger partial charge in [0, 0.05) is 19.5 Å². The summed E-state index contributed by atoms with van der Waals surface area (Å²) in [4.78, 5) is 41.6. The number of aromatic nitrogens is 2. The van der Waals surface area contributed by atoms with Crippen molar-refractivity contribution < 1.29 is 23.8 Å². The van der Waals surface area contributed by atoms with E-state index >= 15 is 0 Å². The van der Waals surface area contributed by atoms with E-state index in [2.05, 4.69) is 17.2 Å². The van der Waals surface area contributed by atoms with Gasteiger partial charge >= 0.3 is 5.97 Å². The van der Waals surface area contributed by atoms with Gasteiger partial charge in [-0.05, 0) is 36.2 Å². The third-order valence-corrected chi connectivity index (χ3v) is 5.51. The number of nitrogens with zero attached hydrogens (tertiary/aromatic N) is 2. The van der Waals surface area contributed by atoms with E-state index in [1.165, 1.54) is 0 Å². The second kappa shape index (κ2) is 10.8. The van der Waals surface area contributed by atoms with E-state index in [0.29, 0.717) is 29.3 Å². The Labute approximate surface area is 196 Å². The quantitative estimate of drug-likeness (QED) is 0.459. The van der Waals surface area contributed by atoms with E-state index in [-0.39, 0.29) is 31.7 Å². The predicted molar refractivity (Wildman–Crippen MR) is 125 cm³/mol. The summed E-state index contributed by atoms with van der Waals surface area (Å²) in [6.07, 6.45) is 1.94. The summed E-state index contributed by atoms with van der Waals surface area (Å²) < 4.78 is 17.4. The molecule has 0 bridgehead atoms. The Morgan fingerprint density at radius 3 is 2.82 bits per heavy atom. The highest BCUT2D eigenvalue weighted by Crippen LogP contribution is 2.32. The van der Waals surface area contributed by atoms with E-state index in [4.69, 9.17) is 14.2 Å². The highest BCUT2D eigenvalue weighted by Gasteiger charge is 2.15. The van der Waals surface area contributed by atoms with E-state index in [0.717, 1.165) is 23.9 Å². The average Bonchev–Trinajstić information content (AvgIpc) is 3.32. The van der Waals surface area contributed by atoms with Gasteiger partial charge in [0.15, 0.2) is 18.1 Å². The van der Waals surface area contributed by atoms with Crippen LogP contribution in [0.25, 0.3) is 11.0 Å². The number of hydrogen-bond donors (Lipinski definition) is 1. The van der Waals surface area contributed by atoms with Crippen LogP contribution in [0.1, 0.15) is 37.4 Å². The highest BCUT2D eigenvalue weighted by atomic mass is 16.7. The van der Waals surface area contributed by atoms with E-state index < -0.39 is 18.5 Å². The first-order valence-electron chi connectivity index (χ1n) is 11.3. The standard InChI is InChI=1S/C25H27N3O6/c1-2-3-12-28-20-7-5-4-6-18(20)27-19(25(28)31)9-11-24(30)32-15-23(29)26-14-17-8-10-21-22(13-17)34-16-33-21/h4-8,10,13H,2-3,9,11-12,14-16H2,1H3,(H,26,29). The van der Waals surface area contributed by atoms with Crippen LogP contribution in [0.4, 0.5) is 0 Å². The van der Waals surface area contributed by atoms with Crippen LogP contribution >= 0.6 is 0 Å². The lowest BCUT2D eigenvalue weighted by atomic mass is 10.2. The normalized spacial score (nSPS) is 12.0. The van der Waals surface area contributed by atoms with Crippen LogP contribution in [0.5, 0.6) is 11.5 Å². The Morgan fingerprint density at radius 2 is 1.97 bits per heavy atom. The molecular formula is C25H27N3O6. The second-order valence-corrected chi connectivity index (χ2v) is 7.98. The molecule has 1 aromatic heterocycles. The molecule has 1 amide bonds. The average molecular weight is 466 g/mol. The van der Waals surface area contributed by atoms with Crippen LogP contribution < -0.4 is 20.3 Å². The molecule has 0 atom stereocenters. The maximum Gasteiger partial charge on any atom is 0.306 e. The van der Waals surface area contributed by atoms with Crippen molar-refractivity contribution in [3.8, 4) is 11.5 Å². The number of esters is 1. The van der Waals surface area contributed by atoms with Gasteiger partial charge < -0.3 is 24.1 Å². The number of benzene rings is 2. The molecule has 3 aromatic rings. The van der Waals surface area contributed by atoms with E-state index in [1.54, 1.807) is 16.7 Å². The molecule has 0 saturated heterocycles. The number of aryl methyl sites for hydroxylation is 2. The minimum absolute atomic E-state index is 0.0379. The largest absolute Gasteiger partial charge is 0.456 e. The Hall–Kier alpha value is -3.88. The summed E-state index contributed by atoms with van der Waals surface area (Å²) >= 11 is 0. The molecule has 9 nitrogen and oxygen atoms in total. The van der Waals surface area contributed by atoms with Crippen LogP contribution in [0.2, 0.25) is 0 Å². The molecule has 0 spiro atoms. The molecule has 1 N–H and O–H groups in total. The van der Waals surface area contributed by atoms with Gasteiger partial charge in [0.1, 0.15) is 5.69 Å². The SMILES string of the molecule is CCCCn1c(=O)c(CCC(=O)OCC(=O)NCc2ccc3c(c2)OCO3)nc2ccccc21. The lowest BCUT2D eigenvalue weighted by Gasteiger charge is -2.12. The fourth-order valence-electron chi connectivity index (χ4n) is 3.69. The lowest BCUT2D eigenvalue weighted by Crippen LogP contribution is -2.29. The number of hydrogen-bond acceptors (Lipinski definition) is 7. The first-order chi connectivity index (χ1) is 16.5. The van der Waals surface area contributed by atoms with Crippen molar-refractivity contribution in [2.45, 2.75) is 45.7 Å². The zero-order valence-corrected chi connectivity index (χ0v) is 19.0. The van der Waals surface area contributed by atoms with Crippen LogP contribution in [0.3, 0.4) is 0 Å². The summed E-state index contributed by atoms with van der Waals surface area (Å²) in [5.41, 5.74) is 2.46. The molecule has 1 aliphatic heterocycles. The molecule has 178 valence electrons. The van der Waals surface area contributed by atoms with Crippen molar-refractivity contribution in [2.24, 2.45) is 0 Å². The first-order valence-corrected chi connectivity index (χ1v) is 11.3. The van der Waals surface area contributed by atoms with E-state index in [9.17, 15) is 14.4 Å². The van der Waals surface area contributed by atoms with Crippen molar-refractivity contribution in [3.05, 3.63) is 64.1 Å². The topological polar surface area (TPSA) is 109 Å². The molecule has 0 aliphatic carbocycles.